The summed E-state index contributed by atoms with van der Waals surface area (Å²) in [7, 11) is 1.60. The molecule has 0 spiro atoms. The maximum Gasteiger partial charge on any atom is 0.271 e. The Balaban J connectivity index is 1.53. The van der Waals surface area contributed by atoms with E-state index in [2.05, 4.69) is 22.5 Å². The largest absolute Gasteiger partial charge is 0.493 e. The first kappa shape index (κ1) is 31.9. The van der Waals surface area contributed by atoms with E-state index in [1.165, 1.54) is 11.8 Å². The van der Waals surface area contributed by atoms with E-state index in [9.17, 15) is 4.79 Å². The van der Waals surface area contributed by atoms with E-state index in [4.69, 9.17) is 37.7 Å². The Hall–Kier alpha value is -3.49. The van der Waals surface area contributed by atoms with Crippen molar-refractivity contribution in [1.82, 2.24) is 0 Å². The van der Waals surface area contributed by atoms with Gasteiger partial charge in [0.2, 0.25) is 0 Å². The summed E-state index contributed by atoms with van der Waals surface area (Å²) in [5.41, 5.74) is 5.83. The minimum atomic E-state index is -0.216. The van der Waals surface area contributed by atoms with Gasteiger partial charge in [-0.3, -0.25) is 9.69 Å². The third-order valence-electron chi connectivity index (χ3n) is 6.93. The molecule has 4 aromatic rings. The van der Waals surface area contributed by atoms with Crippen LogP contribution in [0, 0.1) is 13.8 Å². The second-order valence-corrected chi connectivity index (χ2v) is 12.9. The normalized spacial score (nSPS) is 14.9. The van der Waals surface area contributed by atoms with Gasteiger partial charge in [0.1, 0.15) is 6.61 Å². The summed E-state index contributed by atoms with van der Waals surface area (Å²) < 4.78 is 13.0. The minimum Gasteiger partial charge on any atom is -0.493 e. The Bertz CT molecular complexity index is 1800. The average molecular weight is 709 g/mol. The van der Waals surface area contributed by atoms with Gasteiger partial charge in [0, 0.05) is 20.1 Å². The summed E-state index contributed by atoms with van der Waals surface area (Å²) >= 11 is 17.6. The Morgan fingerprint density at radius 2 is 1.68 bits per heavy atom. The predicted molar refractivity (Wildman–Crippen MR) is 188 cm³/mol. The molecule has 4 aromatic carbocycles. The van der Waals surface area contributed by atoms with Gasteiger partial charge in [0.05, 0.1) is 23.4 Å². The molecule has 1 fully saturated rings. The van der Waals surface area contributed by atoms with Crippen molar-refractivity contribution in [3.05, 3.63) is 133 Å². The van der Waals surface area contributed by atoms with E-state index in [1.807, 2.05) is 86.7 Å². The van der Waals surface area contributed by atoms with Crippen LogP contribution in [-0.2, 0) is 17.8 Å². The highest BCUT2D eigenvalue weighted by atomic mass is 79.9. The lowest BCUT2D eigenvalue weighted by atomic mass is 10.0. The van der Waals surface area contributed by atoms with E-state index >= 15 is 0 Å². The van der Waals surface area contributed by atoms with Gasteiger partial charge in [-0.15, -0.1) is 6.58 Å². The van der Waals surface area contributed by atoms with Crippen LogP contribution >= 0.6 is 50.9 Å². The molecule has 1 amide bonds. The summed E-state index contributed by atoms with van der Waals surface area (Å²) in [5, 5.41) is 1.66. The first-order valence-corrected chi connectivity index (χ1v) is 16.1. The van der Waals surface area contributed by atoms with Gasteiger partial charge in [-0.25, -0.2) is 4.99 Å². The average Bonchev–Trinajstić information content (AvgIpc) is 3.30. The zero-order valence-corrected chi connectivity index (χ0v) is 28.3. The molecule has 5 rings (SSSR count). The number of halogens is 3. The molecule has 9 heteroatoms. The summed E-state index contributed by atoms with van der Waals surface area (Å²) in [4.78, 5) is 20.8. The molecule has 0 unspecified atom stereocenters. The summed E-state index contributed by atoms with van der Waals surface area (Å²) in [5.74, 6) is 0.984. The van der Waals surface area contributed by atoms with Crippen molar-refractivity contribution < 1.29 is 14.3 Å². The molecular weight excluding hydrogens is 679 g/mol. The molecule has 0 radical (unpaired) electrons. The van der Waals surface area contributed by atoms with Crippen molar-refractivity contribution in [2.24, 2.45) is 4.99 Å². The highest BCUT2D eigenvalue weighted by Crippen LogP contribution is 2.41. The van der Waals surface area contributed by atoms with Crippen molar-refractivity contribution in [2.45, 2.75) is 26.9 Å². The van der Waals surface area contributed by atoms with Gasteiger partial charge in [-0.1, -0.05) is 69.5 Å². The molecule has 0 bridgehead atoms. The first-order chi connectivity index (χ1) is 21.2. The van der Waals surface area contributed by atoms with E-state index in [-0.39, 0.29) is 5.91 Å². The van der Waals surface area contributed by atoms with Crippen LogP contribution < -0.4 is 14.4 Å². The molecule has 5 nitrogen and oxygen atoms in total. The maximum absolute atomic E-state index is 14.0. The molecule has 1 heterocycles. The van der Waals surface area contributed by atoms with Gasteiger partial charge < -0.3 is 9.47 Å². The van der Waals surface area contributed by atoms with Crippen LogP contribution in [0.1, 0.15) is 27.8 Å². The van der Waals surface area contributed by atoms with Crippen LogP contribution in [0.4, 0.5) is 11.4 Å². The Morgan fingerprint density at radius 3 is 2.34 bits per heavy atom. The smallest absolute Gasteiger partial charge is 0.271 e. The molecule has 0 saturated carbocycles. The number of rotatable bonds is 9. The fraction of sp³-hybridized carbons (Fsp3) is 0.143. The number of amides is 1. The van der Waals surface area contributed by atoms with Crippen molar-refractivity contribution in [2.75, 3.05) is 12.0 Å². The van der Waals surface area contributed by atoms with Crippen LogP contribution in [0.25, 0.3) is 6.08 Å². The zero-order chi connectivity index (χ0) is 31.4. The Kier molecular flexibility index (Phi) is 10.2. The number of nitrogens with zero attached hydrogens (tertiary/aromatic N) is 2. The molecule has 0 atom stereocenters. The maximum atomic E-state index is 14.0. The third-order valence-corrected chi connectivity index (χ3v) is 9.24. The fourth-order valence-electron chi connectivity index (χ4n) is 4.54. The van der Waals surface area contributed by atoms with Crippen LogP contribution in [-0.4, -0.2) is 18.2 Å². The van der Waals surface area contributed by atoms with Gasteiger partial charge >= 0.3 is 0 Å². The number of hydrogen-bond donors (Lipinski definition) is 0. The zero-order valence-electron chi connectivity index (χ0n) is 24.4. The number of carbonyl (C=O) groups excluding carboxylic acids is 1. The number of thioether (sulfide) groups is 1. The third kappa shape index (κ3) is 7.24. The van der Waals surface area contributed by atoms with Crippen molar-refractivity contribution in [1.29, 1.82) is 0 Å². The van der Waals surface area contributed by atoms with Gasteiger partial charge in [-0.2, -0.15) is 0 Å². The van der Waals surface area contributed by atoms with E-state index < -0.39 is 0 Å². The SMILES string of the molecule is C=CCc1cc(/C=C2/SC(=Nc3ccc(C)c(Cl)c3)N(c3ccc(C)c(Cl)c3)C2=O)cc(OC)c1OCc1ccc(Br)cc1. The summed E-state index contributed by atoms with van der Waals surface area (Å²) in [6, 6.07) is 22.9. The summed E-state index contributed by atoms with van der Waals surface area (Å²) in [6.45, 7) is 8.15. The highest BCUT2D eigenvalue weighted by Gasteiger charge is 2.35. The Labute approximate surface area is 280 Å². The molecule has 1 aliphatic heterocycles. The van der Waals surface area contributed by atoms with E-state index in [0.29, 0.717) is 56.0 Å². The van der Waals surface area contributed by atoms with Crippen LogP contribution in [0.5, 0.6) is 11.5 Å². The molecule has 0 aromatic heterocycles. The molecule has 0 aliphatic carbocycles. The van der Waals surface area contributed by atoms with Crippen molar-refractivity contribution in [3.63, 3.8) is 0 Å². The standard InChI is InChI=1S/C35H29BrCl2N2O3S/c1-5-6-25-15-24(16-31(42-4)33(25)43-20-23-9-11-26(36)12-10-23)17-32-34(41)40(28-14-8-22(3)30(38)19-28)35(44-32)39-27-13-7-21(2)29(37)18-27/h5,7-19H,1,6,20H2,2-4H3/b32-17+,39-35?. The van der Waals surface area contributed by atoms with Crippen molar-refractivity contribution in [3.8, 4) is 11.5 Å². The quantitative estimate of drug-likeness (QED) is 0.128. The molecule has 44 heavy (non-hydrogen) atoms. The molecule has 224 valence electrons. The number of aryl methyl sites for hydroxylation is 2. The van der Waals surface area contributed by atoms with Crippen LogP contribution in [0.15, 0.2) is 99.8 Å². The van der Waals surface area contributed by atoms with E-state index in [0.717, 1.165) is 32.3 Å². The lowest BCUT2D eigenvalue weighted by Gasteiger charge is -2.17. The lowest BCUT2D eigenvalue weighted by Crippen LogP contribution is -2.28. The van der Waals surface area contributed by atoms with E-state index in [1.54, 1.807) is 24.1 Å². The van der Waals surface area contributed by atoms with Crippen molar-refractivity contribution >= 4 is 79.4 Å². The number of ether oxygens (including phenoxy) is 2. The molecule has 0 N–H and O–H groups in total. The molecular formula is C35H29BrCl2N2O3S. The predicted octanol–water partition coefficient (Wildman–Crippen LogP) is 10.5. The highest BCUT2D eigenvalue weighted by molar-refractivity contribution is 9.10. The number of methoxy groups -OCH3 is 1. The van der Waals surface area contributed by atoms with Gasteiger partial charge in [-0.05, 0) is 109 Å². The second-order valence-electron chi connectivity index (χ2n) is 10.1. The monoisotopic (exact) mass is 706 g/mol. The topological polar surface area (TPSA) is 51.1 Å². The number of amidine groups is 1. The van der Waals surface area contributed by atoms with Gasteiger partial charge in [0.25, 0.3) is 5.91 Å². The Morgan fingerprint density at radius 1 is 0.977 bits per heavy atom. The number of aliphatic imine (C=N–C) groups is 1. The summed E-state index contributed by atoms with van der Waals surface area (Å²) in [6.07, 6.45) is 4.21. The van der Waals surface area contributed by atoms with Gasteiger partial charge in [0.15, 0.2) is 16.7 Å². The fourth-order valence-corrected chi connectivity index (χ4v) is 6.15. The number of benzene rings is 4. The number of hydrogen-bond acceptors (Lipinski definition) is 5. The minimum absolute atomic E-state index is 0.216. The van der Waals surface area contributed by atoms with Crippen LogP contribution in [0.3, 0.4) is 0 Å². The lowest BCUT2D eigenvalue weighted by molar-refractivity contribution is -0.113. The number of anilines is 1. The molecule has 1 aliphatic rings. The number of allylic oxidation sites excluding steroid dienone is 1. The van der Waals surface area contributed by atoms with Crippen LogP contribution in [0.2, 0.25) is 10.0 Å². The molecule has 1 saturated heterocycles. The second kappa shape index (κ2) is 14.1. The number of carbonyl (C=O) groups is 1. The first-order valence-electron chi connectivity index (χ1n) is 13.7.